The zero-order valence-corrected chi connectivity index (χ0v) is 9.40. The van der Waals surface area contributed by atoms with Gasteiger partial charge in [-0.2, -0.15) is 8.78 Å². The average Bonchev–Trinajstić information content (AvgIpc) is 2.03. The second-order valence-electron chi connectivity index (χ2n) is 2.33. The minimum Gasteiger partial charge on any atom is -0.286 e. The van der Waals surface area contributed by atoms with Gasteiger partial charge in [-0.1, -0.05) is 28.1 Å². The SMILES string of the molecule is O=C(c1ccc(Br)cc1)C(F)(F)Br. The van der Waals surface area contributed by atoms with E-state index in [9.17, 15) is 13.6 Å². The van der Waals surface area contributed by atoms with Crippen molar-refractivity contribution in [1.29, 1.82) is 0 Å². The molecule has 1 rings (SSSR count). The van der Waals surface area contributed by atoms with Crippen LogP contribution < -0.4 is 0 Å². The van der Waals surface area contributed by atoms with E-state index in [-0.39, 0.29) is 5.56 Å². The van der Waals surface area contributed by atoms with Crippen LogP contribution in [-0.2, 0) is 0 Å². The van der Waals surface area contributed by atoms with Crippen LogP contribution in [0.25, 0.3) is 0 Å². The van der Waals surface area contributed by atoms with E-state index in [1.165, 1.54) is 24.3 Å². The third kappa shape index (κ3) is 2.84. The molecule has 1 nitrogen and oxygen atoms in total. The Morgan fingerprint density at radius 2 is 1.69 bits per heavy atom. The lowest BCUT2D eigenvalue weighted by Crippen LogP contribution is -2.20. The van der Waals surface area contributed by atoms with Crippen molar-refractivity contribution >= 4 is 37.6 Å². The van der Waals surface area contributed by atoms with Gasteiger partial charge >= 0.3 is 4.83 Å². The van der Waals surface area contributed by atoms with Crippen molar-refractivity contribution < 1.29 is 13.6 Å². The van der Waals surface area contributed by atoms with E-state index in [0.717, 1.165) is 4.47 Å². The van der Waals surface area contributed by atoms with Crippen LogP contribution in [0, 0.1) is 0 Å². The molecule has 0 saturated heterocycles. The Bertz CT molecular complexity index is 316. The molecule has 70 valence electrons. The number of halogens is 4. The largest absolute Gasteiger partial charge is 0.363 e. The van der Waals surface area contributed by atoms with Crippen molar-refractivity contribution in [2.24, 2.45) is 0 Å². The molecule has 0 amide bonds. The number of Topliss-reactive ketones (excluding diaryl/α,β-unsaturated/α-hetero) is 1. The van der Waals surface area contributed by atoms with Gasteiger partial charge in [0.25, 0.3) is 0 Å². The number of carbonyl (C=O) groups is 1. The number of ketones is 1. The molecule has 0 unspecified atom stereocenters. The van der Waals surface area contributed by atoms with Crippen LogP contribution in [0.5, 0.6) is 0 Å². The monoisotopic (exact) mass is 312 g/mol. The minimum absolute atomic E-state index is 0.0231. The van der Waals surface area contributed by atoms with Crippen LogP contribution in [0.3, 0.4) is 0 Å². The minimum atomic E-state index is -3.49. The van der Waals surface area contributed by atoms with E-state index in [1.54, 1.807) is 0 Å². The highest BCUT2D eigenvalue weighted by Crippen LogP contribution is 2.27. The smallest absolute Gasteiger partial charge is 0.286 e. The van der Waals surface area contributed by atoms with Crippen molar-refractivity contribution in [3.8, 4) is 0 Å². The zero-order valence-electron chi connectivity index (χ0n) is 6.23. The highest BCUT2D eigenvalue weighted by Gasteiger charge is 2.35. The summed E-state index contributed by atoms with van der Waals surface area (Å²) in [7, 11) is 0. The fourth-order valence-electron chi connectivity index (χ4n) is 0.765. The van der Waals surface area contributed by atoms with Crippen LogP contribution in [0.4, 0.5) is 8.78 Å². The first-order chi connectivity index (χ1) is 5.91. The number of hydrogen-bond acceptors (Lipinski definition) is 1. The molecule has 13 heavy (non-hydrogen) atoms. The third-order valence-corrected chi connectivity index (χ3v) is 2.25. The summed E-state index contributed by atoms with van der Waals surface area (Å²) in [6.45, 7) is 0. The summed E-state index contributed by atoms with van der Waals surface area (Å²) in [5, 5.41) is 0. The first-order valence-electron chi connectivity index (χ1n) is 3.28. The summed E-state index contributed by atoms with van der Waals surface area (Å²) in [5.74, 6) is -1.24. The van der Waals surface area contributed by atoms with Gasteiger partial charge < -0.3 is 0 Å². The molecule has 5 heteroatoms. The molecule has 0 heterocycles. The van der Waals surface area contributed by atoms with Gasteiger partial charge in [0.2, 0.25) is 5.78 Å². The number of rotatable bonds is 2. The molecule has 0 spiro atoms. The standard InChI is InChI=1S/C8H4Br2F2O/c9-6-3-1-5(2-4-6)7(13)8(10,11)12/h1-4H. The molecular formula is C8H4Br2F2O. The Hall–Kier alpha value is -0.290. The summed E-state index contributed by atoms with van der Waals surface area (Å²) in [6, 6.07) is 5.74. The number of alkyl halides is 3. The quantitative estimate of drug-likeness (QED) is 0.602. The Morgan fingerprint density at radius 3 is 2.08 bits per heavy atom. The van der Waals surface area contributed by atoms with Gasteiger partial charge in [-0.15, -0.1) is 0 Å². The molecule has 0 aromatic heterocycles. The summed E-state index contributed by atoms with van der Waals surface area (Å²) in [5.41, 5.74) is -0.0231. The summed E-state index contributed by atoms with van der Waals surface area (Å²) < 4.78 is 25.7. The molecule has 0 aliphatic carbocycles. The maximum absolute atomic E-state index is 12.5. The zero-order chi connectivity index (χ0) is 10.1. The lowest BCUT2D eigenvalue weighted by atomic mass is 10.1. The molecule has 1 aromatic carbocycles. The molecule has 0 N–H and O–H groups in total. The fraction of sp³-hybridized carbons (Fsp3) is 0.125. The highest BCUT2D eigenvalue weighted by atomic mass is 79.9. The maximum Gasteiger partial charge on any atom is 0.363 e. The van der Waals surface area contributed by atoms with E-state index < -0.39 is 10.6 Å². The van der Waals surface area contributed by atoms with E-state index >= 15 is 0 Å². The van der Waals surface area contributed by atoms with Gasteiger partial charge in [-0.05, 0) is 28.1 Å². The molecule has 0 aliphatic rings. The summed E-state index contributed by atoms with van der Waals surface area (Å²) in [4.78, 5) is 7.48. The van der Waals surface area contributed by atoms with Crippen LogP contribution in [0.2, 0.25) is 0 Å². The highest BCUT2D eigenvalue weighted by molar-refractivity contribution is 9.10. The predicted molar refractivity (Wildman–Crippen MR) is 52.3 cm³/mol. The van der Waals surface area contributed by atoms with Crippen molar-refractivity contribution in [1.82, 2.24) is 0 Å². The summed E-state index contributed by atoms with van der Waals surface area (Å²) in [6.07, 6.45) is 0. The maximum atomic E-state index is 12.5. The molecule has 0 fully saturated rings. The lowest BCUT2D eigenvalue weighted by Gasteiger charge is -2.06. The molecular weight excluding hydrogens is 310 g/mol. The van der Waals surface area contributed by atoms with Crippen LogP contribution in [-0.4, -0.2) is 10.6 Å². The Morgan fingerprint density at radius 1 is 1.23 bits per heavy atom. The molecule has 1 aromatic rings. The van der Waals surface area contributed by atoms with Crippen LogP contribution in [0.15, 0.2) is 28.7 Å². The third-order valence-electron chi connectivity index (χ3n) is 1.36. The lowest BCUT2D eigenvalue weighted by molar-refractivity contribution is 0.0592. The molecule has 0 atom stereocenters. The van der Waals surface area contributed by atoms with E-state index in [4.69, 9.17) is 0 Å². The van der Waals surface area contributed by atoms with Crippen molar-refractivity contribution in [3.63, 3.8) is 0 Å². The first kappa shape index (κ1) is 10.8. The van der Waals surface area contributed by atoms with Crippen LogP contribution in [0.1, 0.15) is 10.4 Å². The molecule has 0 aliphatic heterocycles. The van der Waals surface area contributed by atoms with Crippen molar-refractivity contribution in [2.75, 3.05) is 0 Å². The van der Waals surface area contributed by atoms with E-state index in [1.807, 2.05) is 15.9 Å². The first-order valence-corrected chi connectivity index (χ1v) is 4.87. The second-order valence-corrected chi connectivity index (χ2v) is 4.25. The van der Waals surface area contributed by atoms with Crippen LogP contribution >= 0.6 is 31.9 Å². The Kier molecular flexibility index (Phi) is 3.18. The topological polar surface area (TPSA) is 17.1 Å². The number of benzene rings is 1. The predicted octanol–water partition coefficient (Wildman–Crippen LogP) is 3.62. The van der Waals surface area contributed by atoms with Gasteiger partial charge in [0.05, 0.1) is 0 Å². The summed E-state index contributed by atoms with van der Waals surface area (Å²) >= 11 is 5.14. The van der Waals surface area contributed by atoms with Gasteiger partial charge in [0.1, 0.15) is 0 Å². The molecule has 0 radical (unpaired) electrons. The van der Waals surface area contributed by atoms with Gasteiger partial charge in [0, 0.05) is 10.0 Å². The van der Waals surface area contributed by atoms with Gasteiger partial charge in [0.15, 0.2) is 0 Å². The number of hydrogen-bond donors (Lipinski definition) is 0. The number of carbonyl (C=O) groups excluding carboxylic acids is 1. The van der Waals surface area contributed by atoms with Gasteiger partial charge in [-0.3, -0.25) is 4.79 Å². The van der Waals surface area contributed by atoms with Crippen molar-refractivity contribution in [3.05, 3.63) is 34.3 Å². The fourth-order valence-corrected chi connectivity index (χ4v) is 1.26. The molecule has 0 saturated carbocycles. The van der Waals surface area contributed by atoms with Gasteiger partial charge in [-0.25, -0.2) is 0 Å². The Balaban J connectivity index is 2.97. The average molecular weight is 314 g/mol. The second kappa shape index (κ2) is 3.84. The normalized spacial score (nSPS) is 11.4. The van der Waals surface area contributed by atoms with Crippen molar-refractivity contribution in [2.45, 2.75) is 4.83 Å². The Labute approximate surface area is 90.4 Å². The van der Waals surface area contributed by atoms with E-state index in [0.29, 0.717) is 0 Å². The van der Waals surface area contributed by atoms with E-state index in [2.05, 4.69) is 15.9 Å². The molecule has 0 bridgehead atoms.